The highest BCUT2D eigenvalue weighted by molar-refractivity contribution is 7.91. The molecule has 0 radical (unpaired) electrons. The number of sulfone groups is 1. The average molecular weight is 605 g/mol. The molecule has 1 atom stereocenters. The zero-order valence-electron chi connectivity index (χ0n) is 20.8. The van der Waals surface area contributed by atoms with Crippen molar-refractivity contribution in [1.29, 1.82) is 0 Å². The molecule has 1 saturated heterocycles. The first-order valence-electron chi connectivity index (χ1n) is 11.9. The first kappa shape index (κ1) is 28.4. The van der Waals surface area contributed by atoms with Crippen LogP contribution >= 0.6 is 34.3 Å². The molecular formula is C23H29ClN4O5S4. The molecular weight excluding hydrogens is 576 g/mol. The molecule has 0 saturated carbocycles. The SMILES string of the molecule is CCN(CC)CCN(C(=O)C1CCCN1S(=O)(=O)c1ccc(Cl)s1)c1nc2ccc(S(C)(=O)=O)cc2s1. The van der Waals surface area contributed by atoms with E-state index in [-0.39, 0.29) is 21.6 Å². The minimum absolute atomic E-state index is 0.111. The Bertz CT molecular complexity index is 1500. The molecule has 1 aliphatic heterocycles. The number of thiazole rings is 1. The van der Waals surface area contributed by atoms with Gasteiger partial charge in [0.15, 0.2) is 15.0 Å². The molecule has 1 amide bonds. The van der Waals surface area contributed by atoms with Crippen molar-refractivity contribution >= 4 is 75.4 Å². The zero-order chi connectivity index (χ0) is 27.0. The summed E-state index contributed by atoms with van der Waals surface area (Å²) in [6.45, 7) is 6.85. The summed E-state index contributed by atoms with van der Waals surface area (Å²) < 4.78 is 53.2. The van der Waals surface area contributed by atoms with Gasteiger partial charge in [-0.2, -0.15) is 4.31 Å². The van der Waals surface area contributed by atoms with Crippen molar-refractivity contribution in [3.8, 4) is 0 Å². The Morgan fingerprint density at radius 2 is 1.84 bits per heavy atom. The molecule has 0 bridgehead atoms. The number of nitrogens with zero attached hydrogens (tertiary/aromatic N) is 4. The molecule has 0 spiro atoms. The fraction of sp³-hybridized carbons (Fsp3) is 0.478. The van der Waals surface area contributed by atoms with E-state index in [2.05, 4.69) is 9.88 Å². The Balaban J connectivity index is 1.70. The van der Waals surface area contributed by atoms with Crippen molar-refractivity contribution < 1.29 is 21.6 Å². The van der Waals surface area contributed by atoms with E-state index < -0.39 is 25.9 Å². The normalized spacial score (nSPS) is 17.2. The maximum absolute atomic E-state index is 14.0. The second-order valence-electron chi connectivity index (χ2n) is 8.75. The predicted molar refractivity (Wildman–Crippen MR) is 149 cm³/mol. The summed E-state index contributed by atoms with van der Waals surface area (Å²) in [5, 5.41) is 0.418. The van der Waals surface area contributed by atoms with Crippen LogP contribution in [0, 0.1) is 0 Å². The molecule has 1 fully saturated rings. The van der Waals surface area contributed by atoms with Crippen molar-refractivity contribution in [3.05, 3.63) is 34.7 Å². The van der Waals surface area contributed by atoms with Gasteiger partial charge in [-0.3, -0.25) is 9.69 Å². The van der Waals surface area contributed by atoms with Gasteiger partial charge < -0.3 is 4.90 Å². The molecule has 9 nitrogen and oxygen atoms in total. The van der Waals surface area contributed by atoms with E-state index in [0.717, 1.165) is 30.7 Å². The number of rotatable bonds is 10. The molecule has 2 aromatic heterocycles. The summed E-state index contributed by atoms with van der Waals surface area (Å²) in [4.78, 5) is 22.5. The minimum Gasteiger partial charge on any atom is -0.302 e. The van der Waals surface area contributed by atoms with Crippen LogP contribution in [0.5, 0.6) is 0 Å². The van der Waals surface area contributed by atoms with Gasteiger partial charge in [0.05, 0.1) is 19.4 Å². The summed E-state index contributed by atoms with van der Waals surface area (Å²) in [5.41, 5.74) is 0.581. The lowest BCUT2D eigenvalue weighted by molar-refractivity contribution is -0.121. The van der Waals surface area contributed by atoms with Gasteiger partial charge in [-0.05, 0) is 56.3 Å². The number of hydrogen-bond donors (Lipinski definition) is 0. The zero-order valence-corrected chi connectivity index (χ0v) is 24.8. The fourth-order valence-corrected chi connectivity index (χ4v) is 9.35. The third-order valence-corrected chi connectivity index (χ3v) is 12.2. The van der Waals surface area contributed by atoms with Gasteiger partial charge in [0.1, 0.15) is 10.3 Å². The van der Waals surface area contributed by atoms with Crippen LogP contribution in [0.25, 0.3) is 10.2 Å². The summed E-state index contributed by atoms with van der Waals surface area (Å²) in [6.07, 6.45) is 2.12. The van der Waals surface area contributed by atoms with Crippen molar-refractivity contribution in [1.82, 2.24) is 14.2 Å². The number of likely N-dealkylation sites (N-methyl/N-ethyl adjacent to an activating group) is 1. The molecule has 3 aromatic rings. The highest BCUT2D eigenvalue weighted by atomic mass is 35.5. The molecule has 0 aliphatic carbocycles. The fourth-order valence-electron chi connectivity index (χ4n) is 4.33. The molecule has 1 unspecified atom stereocenters. The van der Waals surface area contributed by atoms with Gasteiger partial charge in [-0.15, -0.1) is 11.3 Å². The Kier molecular flexibility index (Phi) is 8.63. The van der Waals surface area contributed by atoms with Crippen molar-refractivity contribution in [2.24, 2.45) is 0 Å². The van der Waals surface area contributed by atoms with Crippen LogP contribution < -0.4 is 4.90 Å². The maximum atomic E-state index is 14.0. The standard InChI is InChI=1S/C23H29ClN4O5S4/c1-4-26(5-2)13-14-27(23-25-17-9-8-16(36(3,30)31)15-19(17)34-23)22(29)18-7-6-12-28(18)37(32,33)21-11-10-20(24)35-21/h8-11,15,18H,4-7,12-14H2,1-3H3. The van der Waals surface area contributed by atoms with Crippen LogP contribution in [0.1, 0.15) is 26.7 Å². The van der Waals surface area contributed by atoms with Crippen molar-refractivity contribution in [2.75, 3.05) is 43.9 Å². The predicted octanol–water partition coefficient (Wildman–Crippen LogP) is 3.94. The van der Waals surface area contributed by atoms with Gasteiger partial charge in [-0.1, -0.05) is 36.8 Å². The van der Waals surface area contributed by atoms with E-state index in [0.29, 0.717) is 45.6 Å². The minimum atomic E-state index is -3.89. The third kappa shape index (κ3) is 6.02. The van der Waals surface area contributed by atoms with Crippen molar-refractivity contribution in [2.45, 2.75) is 41.8 Å². The van der Waals surface area contributed by atoms with E-state index >= 15 is 0 Å². The summed E-state index contributed by atoms with van der Waals surface area (Å²) in [7, 11) is -7.29. The monoisotopic (exact) mass is 604 g/mol. The average Bonchev–Trinajstić information content (AvgIpc) is 3.60. The molecule has 14 heteroatoms. The molecule has 0 N–H and O–H groups in total. The Morgan fingerprint density at radius 3 is 2.46 bits per heavy atom. The molecule has 37 heavy (non-hydrogen) atoms. The lowest BCUT2D eigenvalue weighted by Gasteiger charge is -2.29. The first-order chi connectivity index (χ1) is 17.5. The molecule has 4 rings (SSSR count). The largest absolute Gasteiger partial charge is 0.302 e. The number of thiophene rings is 1. The van der Waals surface area contributed by atoms with Gasteiger partial charge in [0.25, 0.3) is 10.0 Å². The van der Waals surface area contributed by atoms with E-state index in [1.807, 2.05) is 13.8 Å². The lowest BCUT2D eigenvalue weighted by atomic mass is 10.2. The van der Waals surface area contributed by atoms with E-state index in [1.165, 1.54) is 33.8 Å². The quantitative estimate of drug-likeness (QED) is 0.345. The summed E-state index contributed by atoms with van der Waals surface area (Å²) >= 11 is 8.19. The van der Waals surface area contributed by atoms with Gasteiger partial charge in [0, 0.05) is 25.9 Å². The van der Waals surface area contributed by atoms with Gasteiger partial charge in [-0.25, -0.2) is 21.8 Å². The number of aromatic nitrogens is 1. The number of anilines is 1. The highest BCUT2D eigenvalue weighted by Gasteiger charge is 2.42. The van der Waals surface area contributed by atoms with Crippen LogP contribution in [0.15, 0.2) is 39.4 Å². The van der Waals surface area contributed by atoms with Crippen molar-refractivity contribution in [3.63, 3.8) is 0 Å². The van der Waals surface area contributed by atoms with E-state index in [4.69, 9.17) is 11.6 Å². The number of sulfonamides is 1. The summed E-state index contributed by atoms with van der Waals surface area (Å²) in [5.74, 6) is -0.335. The van der Waals surface area contributed by atoms with Gasteiger partial charge in [0.2, 0.25) is 5.91 Å². The van der Waals surface area contributed by atoms with Gasteiger partial charge >= 0.3 is 0 Å². The molecule has 3 heterocycles. The Hall–Kier alpha value is -1.61. The topological polar surface area (TPSA) is 108 Å². The number of halogens is 1. The Morgan fingerprint density at radius 1 is 1.11 bits per heavy atom. The van der Waals surface area contributed by atoms with Crippen LogP contribution in [-0.2, 0) is 24.7 Å². The Labute approximate surface area is 230 Å². The number of carbonyl (C=O) groups excluding carboxylic acids is 1. The maximum Gasteiger partial charge on any atom is 0.253 e. The number of hydrogen-bond acceptors (Lipinski definition) is 9. The van der Waals surface area contributed by atoms with Crippen LogP contribution in [0.3, 0.4) is 0 Å². The number of carbonyl (C=O) groups is 1. The third-order valence-electron chi connectivity index (χ3n) is 6.41. The number of benzene rings is 1. The number of amides is 1. The highest BCUT2D eigenvalue weighted by Crippen LogP contribution is 2.35. The second kappa shape index (κ2) is 11.2. The molecule has 1 aliphatic rings. The lowest BCUT2D eigenvalue weighted by Crippen LogP contribution is -2.49. The van der Waals surface area contributed by atoms with E-state index in [1.54, 1.807) is 17.0 Å². The smallest absolute Gasteiger partial charge is 0.253 e. The number of fused-ring (bicyclic) bond motifs is 1. The molecule has 1 aromatic carbocycles. The second-order valence-corrected chi connectivity index (χ2v) is 15.6. The van der Waals surface area contributed by atoms with E-state index in [9.17, 15) is 21.6 Å². The van der Waals surface area contributed by atoms with Crippen LogP contribution in [0.4, 0.5) is 5.13 Å². The summed E-state index contributed by atoms with van der Waals surface area (Å²) in [6, 6.07) is 6.83. The van der Waals surface area contributed by atoms with Crippen LogP contribution in [-0.4, -0.2) is 82.0 Å². The van der Waals surface area contributed by atoms with Crippen LogP contribution in [0.2, 0.25) is 4.34 Å². The molecule has 202 valence electrons. The first-order valence-corrected chi connectivity index (χ1v) is 17.2.